The molecule has 27 heavy (non-hydrogen) atoms. The van der Waals surface area contributed by atoms with Crippen molar-refractivity contribution in [3.63, 3.8) is 0 Å². The van der Waals surface area contributed by atoms with Crippen molar-refractivity contribution in [3.8, 4) is 0 Å². The van der Waals surface area contributed by atoms with Gasteiger partial charge in [0.05, 0.1) is 13.2 Å². The standard InChI is InChI=1S/C16H18F3N5O2S/c17-16(18,19)10-24-14(23-6-8-26-9-7-23)21-22-15(24)27-12(13(20)25)11-4-2-1-3-5-11/h1-5,12H,6-10H2,(H2,20,25). The van der Waals surface area contributed by atoms with E-state index < -0.39 is 23.9 Å². The first-order valence-electron chi connectivity index (χ1n) is 8.19. The molecule has 11 heteroatoms. The maximum absolute atomic E-state index is 13.1. The van der Waals surface area contributed by atoms with Crippen LogP contribution < -0.4 is 10.6 Å². The number of aromatic nitrogens is 3. The number of thioether (sulfide) groups is 1. The minimum Gasteiger partial charge on any atom is -0.378 e. The summed E-state index contributed by atoms with van der Waals surface area (Å²) >= 11 is 0.859. The van der Waals surface area contributed by atoms with E-state index in [9.17, 15) is 18.0 Å². The molecule has 1 unspecified atom stereocenters. The van der Waals surface area contributed by atoms with Crippen LogP contribution >= 0.6 is 11.8 Å². The van der Waals surface area contributed by atoms with Crippen LogP contribution in [-0.4, -0.2) is 53.2 Å². The highest BCUT2D eigenvalue weighted by molar-refractivity contribution is 8.00. The molecule has 1 aliphatic heterocycles. The second-order valence-electron chi connectivity index (χ2n) is 5.89. The number of carbonyl (C=O) groups excluding carboxylic acids is 1. The number of nitrogens with zero attached hydrogens (tertiary/aromatic N) is 4. The summed E-state index contributed by atoms with van der Waals surface area (Å²) in [5.41, 5.74) is 6.06. The van der Waals surface area contributed by atoms with E-state index in [2.05, 4.69) is 10.2 Å². The topological polar surface area (TPSA) is 86.3 Å². The number of morpholine rings is 1. The van der Waals surface area contributed by atoms with Gasteiger partial charge in [0, 0.05) is 13.1 Å². The van der Waals surface area contributed by atoms with Crippen molar-refractivity contribution < 1.29 is 22.7 Å². The third kappa shape index (κ3) is 4.92. The highest BCUT2D eigenvalue weighted by atomic mass is 32.2. The normalized spacial score (nSPS) is 16.3. The number of alkyl halides is 3. The molecule has 0 saturated carbocycles. The van der Waals surface area contributed by atoms with Gasteiger partial charge >= 0.3 is 6.18 Å². The van der Waals surface area contributed by atoms with Crippen molar-refractivity contribution in [3.05, 3.63) is 35.9 Å². The molecule has 0 aliphatic carbocycles. The van der Waals surface area contributed by atoms with Crippen molar-refractivity contribution in [2.24, 2.45) is 5.73 Å². The highest BCUT2D eigenvalue weighted by Crippen LogP contribution is 2.36. The molecule has 0 bridgehead atoms. The predicted octanol–water partition coefficient (Wildman–Crippen LogP) is 2.00. The Labute approximate surface area is 157 Å². The summed E-state index contributed by atoms with van der Waals surface area (Å²) < 4.78 is 45.6. The van der Waals surface area contributed by atoms with Gasteiger partial charge in [-0.3, -0.25) is 9.36 Å². The first-order chi connectivity index (χ1) is 12.8. The number of anilines is 1. The number of ether oxygens (including phenoxy) is 1. The Hall–Kier alpha value is -2.27. The van der Waals surface area contributed by atoms with Gasteiger partial charge in [-0.2, -0.15) is 13.2 Å². The predicted molar refractivity (Wildman–Crippen MR) is 93.3 cm³/mol. The lowest BCUT2D eigenvalue weighted by molar-refractivity contribution is -0.141. The second-order valence-corrected chi connectivity index (χ2v) is 6.97. The summed E-state index contributed by atoms with van der Waals surface area (Å²) in [6.45, 7) is 0.372. The zero-order valence-electron chi connectivity index (χ0n) is 14.2. The smallest absolute Gasteiger partial charge is 0.378 e. The fourth-order valence-electron chi connectivity index (χ4n) is 2.71. The zero-order valence-corrected chi connectivity index (χ0v) is 15.0. The molecule has 0 spiro atoms. The Morgan fingerprint density at radius 3 is 2.48 bits per heavy atom. The number of primary amides is 1. The molecule has 2 heterocycles. The van der Waals surface area contributed by atoms with E-state index in [0.29, 0.717) is 31.9 Å². The van der Waals surface area contributed by atoms with E-state index in [1.807, 2.05) is 0 Å². The lowest BCUT2D eigenvalue weighted by Crippen LogP contribution is -2.38. The van der Waals surface area contributed by atoms with Crippen LogP contribution in [0.1, 0.15) is 10.8 Å². The minimum atomic E-state index is -4.46. The summed E-state index contributed by atoms with van der Waals surface area (Å²) in [5.74, 6) is -0.560. The second kappa shape index (κ2) is 8.17. The van der Waals surface area contributed by atoms with Crippen LogP contribution in [0.5, 0.6) is 0 Å². The number of nitrogens with two attached hydrogens (primary N) is 1. The Balaban J connectivity index is 1.93. The molecule has 1 aromatic carbocycles. The van der Waals surface area contributed by atoms with Crippen LogP contribution in [-0.2, 0) is 16.1 Å². The van der Waals surface area contributed by atoms with Gasteiger partial charge in [-0.1, -0.05) is 42.1 Å². The number of hydrogen-bond acceptors (Lipinski definition) is 6. The number of carbonyl (C=O) groups is 1. The number of amides is 1. The average Bonchev–Trinajstić information content (AvgIpc) is 3.01. The van der Waals surface area contributed by atoms with Crippen LogP contribution in [0.2, 0.25) is 0 Å². The van der Waals surface area contributed by atoms with E-state index in [4.69, 9.17) is 10.5 Å². The van der Waals surface area contributed by atoms with Crippen molar-refractivity contribution in [2.75, 3.05) is 31.2 Å². The third-order valence-corrected chi connectivity index (χ3v) is 5.17. The summed E-state index contributed by atoms with van der Waals surface area (Å²) in [7, 11) is 0. The van der Waals surface area contributed by atoms with Crippen LogP contribution in [0.3, 0.4) is 0 Å². The molecule has 1 aromatic heterocycles. The molecule has 0 radical (unpaired) electrons. The minimum absolute atomic E-state index is 0.0125. The lowest BCUT2D eigenvalue weighted by atomic mass is 10.1. The molecule has 1 saturated heterocycles. The SMILES string of the molecule is NC(=O)C(Sc1nnc(N2CCOCC2)n1CC(F)(F)F)c1ccccc1. The van der Waals surface area contributed by atoms with E-state index in [-0.39, 0.29) is 11.1 Å². The van der Waals surface area contributed by atoms with Gasteiger partial charge in [0.1, 0.15) is 11.8 Å². The van der Waals surface area contributed by atoms with Crippen molar-refractivity contribution >= 4 is 23.6 Å². The van der Waals surface area contributed by atoms with Gasteiger partial charge in [0.25, 0.3) is 0 Å². The van der Waals surface area contributed by atoms with Crippen LogP contribution in [0, 0.1) is 0 Å². The summed E-state index contributed by atoms with van der Waals surface area (Å²) in [6, 6.07) is 8.61. The van der Waals surface area contributed by atoms with Gasteiger partial charge in [-0.15, -0.1) is 10.2 Å². The molecule has 3 rings (SSSR count). The average molecular weight is 401 g/mol. The van der Waals surface area contributed by atoms with Gasteiger partial charge < -0.3 is 15.4 Å². The number of hydrogen-bond donors (Lipinski definition) is 1. The van der Waals surface area contributed by atoms with Crippen LogP contribution in [0.4, 0.5) is 19.1 Å². The first kappa shape index (κ1) is 19.5. The summed E-state index contributed by atoms with van der Waals surface area (Å²) in [5, 5.41) is 6.96. The van der Waals surface area contributed by atoms with E-state index in [1.54, 1.807) is 35.2 Å². The van der Waals surface area contributed by atoms with Crippen molar-refractivity contribution in [1.82, 2.24) is 14.8 Å². The third-order valence-electron chi connectivity index (χ3n) is 3.91. The quantitative estimate of drug-likeness (QED) is 0.745. The fourth-order valence-corrected chi connectivity index (χ4v) is 3.69. The molecule has 2 N–H and O–H groups in total. The number of halogens is 3. The Kier molecular flexibility index (Phi) is 5.90. The zero-order chi connectivity index (χ0) is 19.4. The molecular formula is C16H18F3N5O2S. The maximum Gasteiger partial charge on any atom is 0.406 e. The monoisotopic (exact) mass is 401 g/mol. The Bertz CT molecular complexity index is 778. The van der Waals surface area contributed by atoms with Gasteiger partial charge in [0.15, 0.2) is 5.16 Å². The molecule has 146 valence electrons. The molecule has 1 aliphatic rings. The Morgan fingerprint density at radius 2 is 1.89 bits per heavy atom. The number of benzene rings is 1. The van der Waals surface area contributed by atoms with Crippen LogP contribution in [0.25, 0.3) is 0 Å². The van der Waals surface area contributed by atoms with Gasteiger partial charge in [0.2, 0.25) is 11.9 Å². The maximum atomic E-state index is 13.1. The Morgan fingerprint density at radius 1 is 1.22 bits per heavy atom. The van der Waals surface area contributed by atoms with E-state index >= 15 is 0 Å². The highest BCUT2D eigenvalue weighted by Gasteiger charge is 2.34. The molecule has 7 nitrogen and oxygen atoms in total. The summed E-state index contributed by atoms with van der Waals surface area (Å²) in [6.07, 6.45) is -4.46. The number of rotatable bonds is 6. The van der Waals surface area contributed by atoms with Crippen molar-refractivity contribution in [1.29, 1.82) is 0 Å². The molecule has 1 fully saturated rings. The first-order valence-corrected chi connectivity index (χ1v) is 9.06. The van der Waals surface area contributed by atoms with Crippen LogP contribution in [0.15, 0.2) is 35.5 Å². The summed E-state index contributed by atoms with van der Waals surface area (Å²) in [4.78, 5) is 13.6. The van der Waals surface area contributed by atoms with Gasteiger partial charge in [-0.05, 0) is 5.56 Å². The molecule has 1 amide bonds. The van der Waals surface area contributed by atoms with E-state index in [1.165, 1.54) is 0 Å². The fraction of sp³-hybridized carbons (Fsp3) is 0.438. The largest absolute Gasteiger partial charge is 0.406 e. The molecule has 1 atom stereocenters. The molecular weight excluding hydrogens is 383 g/mol. The molecule has 2 aromatic rings. The van der Waals surface area contributed by atoms with Crippen molar-refractivity contribution in [2.45, 2.75) is 23.1 Å². The van der Waals surface area contributed by atoms with E-state index in [0.717, 1.165) is 16.3 Å². The lowest BCUT2D eigenvalue weighted by Gasteiger charge is -2.28. The van der Waals surface area contributed by atoms with Gasteiger partial charge in [-0.25, -0.2) is 0 Å².